The Morgan fingerprint density at radius 2 is 2.30 bits per heavy atom. The van der Waals surface area contributed by atoms with Gasteiger partial charge in [-0.15, -0.1) is 0 Å². The Morgan fingerprint density at radius 1 is 1.60 bits per heavy atom. The molecule has 1 N–H and O–H groups in total. The molecule has 0 amide bonds. The first kappa shape index (κ1) is 7.22. The molecule has 1 heterocycles. The van der Waals surface area contributed by atoms with E-state index in [0.29, 0.717) is 10.9 Å². The van der Waals surface area contributed by atoms with Crippen molar-refractivity contribution in [2.24, 2.45) is 0 Å². The Hall–Kier alpha value is -0.890. The second-order valence-electron chi connectivity index (χ2n) is 1.99. The Balaban J connectivity index is 3.00. The summed E-state index contributed by atoms with van der Waals surface area (Å²) in [4.78, 5) is 3.82. The molecule has 0 unspecified atom stereocenters. The minimum Gasteiger partial charge on any atom is -0.305 e. The van der Waals surface area contributed by atoms with Crippen LogP contribution in [-0.4, -0.2) is 10.7 Å². The predicted octanol–water partition coefficient (Wildman–Crippen LogP) is 2.12. The van der Waals surface area contributed by atoms with Gasteiger partial charge in [0.1, 0.15) is 5.15 Å². The molecule has 0 radical (unpaired) electrons. The highest BCUT2D eigenvalue weighted by Crippen LogP contribution is 2.04. The van der Waals surface area contributed by atoms with Gasteiger partial charge in [-0.05, 0) is 19.1 Å². The molecule has 1 aromatic heterocycles. The molecule has 1 rings (SSSR count). The second kappa shape index (κ2) is 2.80. The maximum atomic E-state index is 7.22. The smallest absolute Gasteiger partial charge is 0.129 e. The Morgan fingerprint density at radius 3 is 2.70 bits per heavy atom. The van der Waals surface area contributed by atoms with Crippen LogP contribution in [0.3, 0.4) is 0 Å². The Bertz CT molecular complexity index is 240. The minimum atomic E-state index is 0.463. The van der Waals surface area contributed by atoms with Crippen LogP contribution in [0.5, 0.6) is 0 Å². The summed E-state index contributed by atoms with van der Waals surface area (Å²) < 4.78 is 0. The fourth-order valence-electron chi connectivity index (χ4n) is 0.598. The van der Waals surface area contributed by atoms with E-state index in [1.165, 1.54) is 0 Å². The fourth-order valence-corrected chi connectivity index (χ4v) is 0.709. The number of pyridine rings is 1. The molecule has 0 aliphatic carbocycles. The van der Waals surface area contributed by atoms with Crippen molar-refractivity contribution in [1.82, 2.24) is 4.98 Å². The summed E-state index contributed by atoms with van der Waals surface area (Å²) in [5.41, 5.74) is 1.31. The van der Waals surface area contributed by atoms with E-state index in [1.807, 2.05) is 0 Å². The number of nitrogens with zero attached hydrogens (tertiary/aromatic N) is 1. The fraction of sp³-hybridized carbons (Fsp3) is 0.143. The lowest BCUT2D eigenvalue weighted by atomic mass is 10.2. The van der Waals surface area contributed by atoms with Crippen LogP contribution in [0.15, 0.2) is 18.3 Å². The summed E-state index contributed by atoms with van der Waals surface area (Å²) >= 11 is 5.53. The lowest BCUT2D eigenvalue weighted by Gasteiger charge is -1.94. The molecule has 0 fully saturated rings. The maximum Gasteiger partial charge on any atom is 0.129 e. The van der Waals surface area contributed by atoms with Crippen LogP contribution < -0.4 is 0 Å². The van der Waals surface area contributed by atoms with Crippen LogP contribution in [0, 0.1) is 5.41 Å². The van der Waals surface area contributed by atoms with E-state index in [1.54, 1.807) is 25.3 Å². The highest BCUT2D eigenvalue weighted by atomic mass is 35.5. The molecule has 0 aromatic carbocycles. The standard InChI is InChI=1S/C7H7ClN2/c1-5(9)6-2-3-7(8)10-4-6/h2-4,9H,1H3. The first-order chi connectivity index (χ1) is 4.70. The van der Waals surface area contributed by atoms with Gasteiger partial charge in [0.25, 0.3) is 0 Å². The molecule has 0 saturated carbocycles. The quantitative estimate of drug-likeness (QED) is 0.488. The van der Waals surface area contributed by atoms with Crippen LogP contribution in [0.1, 0.15) is 12.5 Å². The lowest BCUT2D eigenvalue weighted by Crippen LogP contribution is -1.91. The molecule has 0 saturated heterocycles. The van der Waals surface area contributed by atoms with Crippen molar-refractivity contribution >= 4 is 17.3 Å². The van der Waals surface area contributed by atoms with E-state index < -0.39 is 0 Å². The van der Waals surface area contributed by atoms with Gasteiger partial charge in [-0.1, -0.05) is 11.6 Å². The minimum absolute atomic E-state index is 0.463. The summed E-state index contributed by atoms with van der Waals surface area (Å²) in [6.07, 6.45) is 1.59. The van der Waals surface area contributed by atoms with Gasteiger partial charge >= 0.3 is 0 Å². The van der Waals surface area contributed by atoms with Gasteiger partial charge in [-0.2, -0.15) is 0 Å². The summed E-state index contributed by atoms with van der Waals surface area (Å²) in [6, 6.07) is 3.45. The molecule has 0 spiro atoms. The van der Waals surface area contributed by atoms with E-state index in [2.05, 4.69) is 4.98 Å². The van der Waals surface area contributed by atoms with Crippen molar-refractivity contribution in [1.29, 1.82) is 5.41 Å². The molecule has 0 aliphatic heterocycles. The topological polar surface area (TPSA) is 36.7 Å². The highest BCUT2D eigenvalue weighted by Gasteiger charge is 1.93. The van der Waals surface area contributed by atoms with Crippen molar-refractivity contribution in [3.8, 4) is 0 Å². The van der Waals surface area contributed by atoms with Gasteiger partial charge < -0.3 is 5.41 Å². The van der Waals surface area contributed by atoms with E-state index in [-0.39, 0.29) is 0 Å². The third-order valence-corrected chi connectivity index (χ3v) is 1.38. The average Bonchev–Trinajstić information content (AvgIpc) is 1.88. The lowest BCUT2D eigenvalue weighted by molar-refractivity contribution is 1.30. The summed E-state index contributed by atoms with van der Waals surface area (Å²) in [5, 5.41) is 7.69. The average molecular weight is 155 g/mol. The van der Waals surface area contributed by atoms with Crippen molar-refractivity contribution in [2.75, 3.05) is 0 Å². The normalized spacial score (nSPS) is 9.40. The monoisotopic (exact) mass is 154 g/mol. The van der Waals surface area contributed by atoms with Crippen molar-refractivity contribution in [3.63, 3.8) is 0 Å². The van der Waals surface area contributed by atoms with E-state index in [4.69, 9.17) is 17.0 Å². The van der Waals surface area contributed by atoms with Gasteiger partial charge in [0.2, 0.25) is 0 Å². The summed E-state index contributed by atoms with van der Waals surface area (Å²) in [7, 11) is 0. The molecule has 2 nitrogen and oxygen atoms in total. The van der Waals surface area contributed by atoms with E-state index in [0.717, 1.165) is 5.56 Å². The zero-order chi connectivity index (χ0) is 7.56. The molecule has 0 bridgehead atoms. The number of halogens is 1. The molecule has 52 valence electrons. The van der Waals surface area contributed by atoms with Crippen molar-refractivity contribution in [2.45, 2.75) is 6.92 Å². The van der Waals surface area contributed by atoms with Crippen LogP contribution in [0.2, 0.25) is 5.15 Å². The SMILES string of the molecule is CC(=N)c1ccc(Cl)nc1. The first-order valence-corrected chi connectivity index (χ1v) is 3.25. The van der Waals surface area contributed by atoms with Gasteiger partial charge in [-0.25, -0.2) is 4.98 Å². The molecule has 3 heteroatoms. The van der Waals surface area contributed by atoms with Gasteiger partial charge in [-0.3, -0.25) is 0 Å². The number of nitrogens with one attached hydrogen (secondary N) is 1. The number of aromatic nitrogens is 1. The molecule has 0 atom stereocenters. The number of hydrogen-bond acceptors (Lipinski definition) is 2. The predicted molar refractivity (Wildman–Crippen MR) is 41.7 cm³/mol. The Kier molecular flexibility index (Phi) is 2.02. The van der Waals surface area contributed by atoms with Gasteiger partial charge in [0, 0.05) is 17.5 Å². The summed E-state index contributed by atoms with van der Waals surface area (Å²) in [5.74, 6) is 0. The van der Waals surface area contributed by atoms with Crippen LogP contribution >= 0.6 is 11.6 Å². The molecular weight excluding hydrogens is 148 g/mol. The second-order valence-corrected chi connectivity index (χ2v) is 2.38. The molecule has 0 aliphatic rings. The maximum absolute atomic E-state index is 7.22. The largest absolute Gasteiger partial charge is 0.305 e. The first-order valence-electron chi connectivity index (χ1n) is 2.87. The van der Waals surface area contributed by atoms with Crippen molar-refractivity contribution < 1.29 is 0 Å². The van der Waals surface area contributed by atoms with Crippen LogP contribution in [-0.2, 0) is 0 Å². The molecular formula is C7H7ClN2. The molecule has 1 aromatic rings. The third-order valence-electron chi connectivity index (χ3n) is 1.16. The Labute approximate surface area is 64.4 Å². The van der Waals surface area contributed by atoms with E-state index >= 15 is 0 Å². The number of rotatable bonds is 1. The van der Waals surface area contributed by atoms with E-state index in [9.17, 15) is 0 Å². The summed E-state index contributed by atoms with van der Waals surface area (Å²) in [6.45, 7) is 1.71. The third kappa shape index (κ3) is 1.54. The zero-order valence-electron chi connectivity index (χ0n) is 5.56. The number of hydrogen-bond donors (Lipinski definition) is 1. The van der Waals surface area contributed by atoms with Gasteiger partial charge in [0.15, 0.2) is 0 Å². The van der Waals surface area contributed by atoms with Crippen molar-refractivity contribution in [3.05, 3.63) is 29.0 Å². The van der Waals surface area contributed by atoms with Crippen LogP contribution in [0.4, 0.5) is 0 Å². The van der Waals surface area contributed by atoms with Crippen LogP contribution in [0.25, 0.3) is 0 Å². The zero-order valence-corrected chi connectivity index (χ0v) is 6.31. The van der Waals surface area contributed by atoms with Gasteiger partial charge in [0.05, 0.1) is 0 Å². The molecule has 10 heavy (non-hydrogen) atoms. The highest BCUT2D eigenvalue weighted by molar-refractivity contribution is 6.29.